The molecule has 2 rings (SSSR count). The SMILES string of the molecule is Cc1ncc(Nc2ccc(CS(=O)(=O)[O-])c(C(F)(F)F)c2)cc1I. The summed E-state index contributed by atoms with van der Waals surface area (Å²) in [5.41, 5.74) is -0.368. The number of halogens is 4. The zero-order chi connectivity index (χ0) is 18.1. The Morgan fingerprint density at radius 2 is 1.92 bits per heavy atom. The lowest BCUT2D eigenvalue weighted by molar-refractivity contribution is -0.138. The number of alkyl halides is 3. The first-order valence-electron chi connectivity index (χ1n) is 6.48. The fraction of sp³-hybridized carbons (Fsp3) is 0.214. The number of benzene rings is 1. The van der Waals surface area contributed by atoms with Crippen molar-refractivity contribution in [2.75, 3.05) is 5.32 Å². The Balaban J connectivity index is 2.40. The predicted octanol–water partition coefficient (Wildman–Crippen LogP) is 3.80. The minimum Gasteiger partial charge on any atom is -0.748 e. The minimum atomic E-state index is -4.82. The Labute approximate surface area is 150 Å². The molecule has 24 heavy (non-hydrogen) atoms. The van der Waals surface area contributed by atoms with E-state index in [9.17, 15) is 26.1 Å². The van der Waals surface area contributed by atoms with Gasteiger partial charge in [0.05, 0.1) is 39.0 Å². The molecule has 0 aliphatic carbocycles. The van der Waals surface area contributed by atoms with E-state index in [1.165, 1.54) is 12.3 Å². The lowest BCUT2D eigenvalue weighted by Crippen LogP contribution is -2.13. The second-order valence-corrected chi connectivity index (χ2v) is 7.55. The molecule has 5 nitrogen and oxygen atoms in total. The minimum absolute atomic E-state index is 0.107. The second kappa shape index (κ2) is 6.84. The molecular weight excluding hydrogens is 460 g/mol. The van der Waals surface area contributed by atoms with Crippen LogP contribution in [-0.4, -0.2) is 18.0 Å². The predicted molar refractivity (Wildman–Crippen MR) is 89.8 cm³/mol. The van der Waals surface area contributed by atoms with Crippen LogP contribution >= 0.6 is 22.6 Å². The van der Waals surface area contributed by atoms with Gasteiger partial charge in [0.1, 0.15) is 0 Å². The topological polar surface area (TPSA) is 82.1 Å². The normalized spacial score (nSPS) is 12.2. The van der Waals surface area contributed by atoms with Gasteiger partial charge in [-0.15, -0.1) is 0 Å². The van der Waals surface area contributed by atoms with Gasteiger partial charge in [0.15, 0.2) is 0 Å². The van der Waals surface area contributed by atoms with Crippen molar-refractivity contribution in [3.05, 3.63) is 50.9 Å². The zero-order valence-electron chi connectivity index (χ0n) is 12.2. The summed E-state index contributed by atoms with van der Waals surface area (Å²) in [6.45, 7) is 1.80. The van der Waals surface area contributed by atoms with Gasteiger partial charge in [-0.1, -0.05) is 6.07 Å². The first kappa shape index (κ1) is 18.9. The first-order valence-corrected chi connectivity index (χ1v) is 9.14. The molecule has 2 aromatic rings. The quantitative estimate of drug-likeness (QED) is 0.542. The summed E-state index contributed by atoms with van der Waals surface area (Å²) in [7, 11) is -4.82. The number of aryl methyl sites for hydroxylation is 1. The highest BCUT2D eigenvalue weighted by Gasteiger charge is 2.34. The monoisotopic (exact) mass is 471 g/mol. The summed E-state index contributed by atoms with van der Waals surface area (Å²) in [6, 6.07) is 4.75. The molecular formula is C14H11F3IN2O3S-. The molecule has 10 heteroatoms. The molecule has 0 atom stereocenters. The van der Waals surface area contributed by atoms with E-state index in [0.717, 1.165) is 21.4 Å². The van der Waals surface area contributed by atoms with Gasteiger partial charge in [0.25, 0.3) is 0 Å². The van der Waals surface area contributed by atoms with E-state index in [1.54, 1.807) is 13.0 Å². The molecule has 0 saturated carbocycles. The van der Waals surface area contributed by atoms with Crippen LogP contribution in [0.5, 0.6) is 0 Å². The van der Waals surface area contributed by atoms with Crippen molar-refractivity contribution in [2.24, 2.45) is 0 Å². The molecule has 0 saturated heterocycles. The number of anilines is 2. The van der Waals surface area contributed by atoms with Gasteiger partial charge in [-0.05, 0) is 53.3 Å². The lowest BCUT2D eigenvalue weighted by atomic mass is 10.1. The van der Waals surface area contributed by atoms with E-state index in [1.807, 2.05) is 22.6 Å². The van der Waals surface area contributed by atoms with Crippen molar-refractivity contribution in [3.8, 4) is 0 Å². The number of hydrogen-bond donors (Lipinski definition) is 1. The van der Waals surface area contributed by atoms with Crippen LogP contribution in [0.3, 0.4) is 0 Å². The summed E-state index contributed by atoms with van der Waals surface area (Å²) in [4.78, 5) is 4.10. The summed E-state index contributed by atoms with van der Waals surface area (Å²) in [5, 5.41) is 2.78. The standard InChI is InChI=1S/C14H12F3IN2O3S/c1-8-13(18)5-11(6-19-8)20-10-3-2-9(7-24(21,22)23)12(4-10)14(15,16)17/h2-6,20H,7H2,1H3,(H,21,22,23)/p-1. The van der Waals surface area contributed by atoms with Crippen LogP contribution in [0.15, 0.2) is 30.5 Å². The van der Waals surface area contributed by atoms with E-state index in [0.29, 0.717) is 5.69 Å². The Morgan fingerprint density at radius 1 is 1.25 bits per heavy atom. The molecule has 1 heterocycles. The maximum absolute atomic E-state index is 13.1. The Hall–Kier alpha value is -1.40. The zero-order valence-corrected chi connectivity index (χ0v) is 15.2. The maximum Gasteiger partial charge on any atom is 0.416 e. The fourth-order valence-corrected chi connectivity index (χ4v) is 3.08. The van der Waals surface area contributed by atoms with Crippen LogP contribution in [0.1, 0.15) is 16.8 Å². The third kappa shape index (κ3) is 5.05. The van der Waals surface area contributed by atoms with Gasteiger partial charge < -0.3 is 9.87 Å². The molecule has 1 aromatic carbocycles. The first-order chi connectivity index (χ1) is 11.0. The van der Waals surface area contributed by atoms with Crippen LogP contribution in [0.25, 0.3) is 0 Å². The van der Waals surface area contributed by atoms with E-state index < -0.39 is 33.2 Å². The maximum atomic E-state index is 13.1. The number of aromatic nitrogens is 1. The molecule has 0 unspecified atom stereocenters. The third-order valence-corrected chi connectivity index (χ3v) is 4.82. The number of rotatable bonds is 4. The molecule has 1 aromatic heterocycles. The average Bonchev–Trinajstić information content (AvgIpc) is 2.42. The van der Waals surface area contributed by atoms with Gasteiger partial charge in [0.2, 0.25) is 0 Å². The average molecular weight is 471 g/mol. The Bertz CT molecular complexity index is 870. The van der Waals surface area contributed by atoms with E-state index in [4.69, 9.17) is 0 Å². The number of nitrogens with zero attached hydrogens (tertiary/aromatic N) is 1. The van der Waals surface area contributed by atoms with Crippen molar-refractivity contribution >= 4 is 44.1 Å². The lowest BCUT2D eigenvalue weighted by Gasteiger charge is -2.17. The van der Waals surface area contributed by atoms with E-state index in [-0.39, 0.29) is 5.69 Å². The van der Waals surface area contributed by atoms with Crippen molar-refractivity contribution in [1.29, 1.82) is 0 Å². The van der Waals surface area contributed by atoms with Crippen LogP contribution < -0.4 is 5.32 Å². The summed E-state index contributed by atoms with van der Waals surface area (Å²) >= 11 is 2.05. The van der Waals surface area contributed by atoms with Crippen molar-refractivity contribution < 1.29 is 26.1 Å². The molecule has 130 valence electrons. The fourth-order valence-electron chi connectivity index (χ4n) is 1.98. The van der Waals surface area contributed by atoms with Crippen LogP contribution in [0.2, 0.25) is 0 Å². The van der Waals surface area contributed by atoms with Gasteiger partial charge in [0, 0.05) is 9.26 Å². The van der Waals surface area contributed by atoms with E-state index in [2.05, 4.69) is 10.3 Å². The number of nitrogens with one attached hydrogen (secondary N) is 1. The largest absolute Gasteiger partial charge is 0.748 e. The van der Waals surface area contributed by atoms with Gasteiger partial charge in [-0.2, -0.15) is 13.2 Å². The van der Waals surface area contributed by atoms with Gasteiger partial charge in [-0.25, -0.2) is 8.42 Å². The van der Waals surface area contributed by atoms with Gasteiger partial charge >= 0.3 is 6.18 Å². The Kier molecular flexibility index (Phi) is 5.40. The van der Waals surface area contributed by atoms with Crippen molar-refractivity contribution in [1.82, 2.24) is 4.98 Å². The van der Waals surface area contributed by atoms with Crippen molar-refractivity contribution in [2.45, 2.75) is 18.9 Å². The third-order valence-electron chi connectivity index (χ3n) is 3.06. The van der Waals surface area contributed by atoms with Crippen LogP contribution in [0, 0.1) is 10.5 Å². The highest BCUT2D eigenvalue weighted by atomic mass is 127. The molecule has 0 amide bonds. The number of hydrogen-bond acceptors (Lipinski definition) is 5. The summed E-state index contributed by atoms with van der Waals surface area (Å²) < 4.78 is 72.5. The van der Waals surface area contributed by atoms with Crippen molar-refractivity contribution in [3.63, 3.8) is 0 Å². The molecule has 1 N–H and O–H groups in total. The highest BCUT2D eigenvalue weighted by Crippen LogP contribution is 2.35. The highest BCUT2D eigenvalue weighted by molar-refractivity contribution is 14.1. The smallest absolute Gasteiger partial charge is 0.416 e. The molecule has 0 radical (unpaired) electrons. The molecule has 0 fully saturated rings. The summed E-state index contributed by atoms with van der Waals surface area (Å²) in [6.07, 6.45) is -3.31. The van der Waals surface area contributed by atoms with Gasteiger partial charge in [-0.3, -0.25) is 4.98 Å². The molecule has 0 aliphatic rings. The Morgan fingerprint density at radius 3 is 2.46 bits per heavy atom. The summed E-state index contributed by atoms with van der Waals surface area (Å²) in [5.74, 6) is -1.22. The molecule has 0 spiro atoms. The molecule has 0 aliphatic heterocycles. The van der Waals surface area contributed by atoms with Crippen LogP contribution in [0.4, 0.5) is 24.5 Å². The molecule has 0 bridgehead atoms. The van der Waals surface area contributed by atoms with Crippen LogP contribution in [-0.2, 0) is 22.0 Å². The number of pyridine rings is 1. The second-order valence-electron chi connectivity index (χ2n) is 4.99. The van der Waals surface area contributed by atoms with E-state index >= 15 is 0 Å².